The number of amides is 1. The third kappa shape index (κ3) is 4.31. The van der Waals surface area contributed by atoms with Gasteiger partial charge in [-0.05, 0) is 37.5 Å². The minimum Gasteiger partial charge on any atom is -0.348 e. The molecule has 19 heavy (non-hydrogen) atoms. The van der Waals surface area contributed by atoms with E-state index in [1.807, 2.05) is 13.0 Å². The van der Waals surface area contributed by atoms with Gasteiger partial charge in [0.1, 0.15) is 5.82 Å². The van der Waals surface area contributed by atoms with Crippen LogP contribution in [0.5, 0.6) is 0 Å². The van der Waals surface area contributed by atoms with Crippen molar-refractivity contribution >= 4 is 5.91 Å². The number of carbonyl (C=O) groups is 1. The molecule has 0 aromatic heterocycles. The van der Waals surface area contributed by atoms with Crippen LogP contribution in [0.2, 0.25) is 0 Å². The van der Waals surface area contributed by atoms with Crippen LogP contribution in [-0.4, -0.2) is 18.5 Å². The molecule has 1 fully saturated rings. The molecule has 1 atom stereocenters. The van der Waals surface area contributed by atoms with Crippen molar-refractivity contribution in [1.82, 2.24) is 10.6 Å². The van der Waals surface area contributed by atoms with E-state index in [2.05, 4.69) is 10.6 Å². The summed E-state index contributed by atoms with van der Waals surface area (Å²) in [5.41, 5.74) is 0.786. The summed E-state index contributed by atoms with van der Waals surface area (Å²) >= 11 is 0. The zero-order valence-electron chi connectivity index (χ0n) is 11.3. The normalized spacial score (nSPS) is 17.4. The molecular weight excluding hydrogens is 243 g/mol. The fourth-order valence-corrected chi connectivity index (χ4v) is 2.52. The number of hydrogen-bond acceptors (Lipinski definition) is 2. The molecule has 104 valence electrons. The van der Waals surface area contributed by atoms with E-state index in [0.717, 1.165) is 18.4 Å². The molecule has 0 radical (unpaired) electrons. The van der Waals surface area contributed by atoms with E-state index < -0.39 is 0 Å². The zero-order chi connectivity index (χ0) is 13.7. The molecule has 0 heterocycles. The van der Waals surface area contributed by atoms with E-state index in [-0.39, 0.29) is 17.8 Å². The van der Waals surface area contributed by atoms with Crippen LogP contribution >= 0.6 is 0 Å². The van der Waals surface area contributed by atoms with Gasteiger partial charge in [0.15, 0.2) is 0 Å². The molecular formula is C15H21FN2O. The lowest BCUT2D eigenvalue weighted by Crippen LogP contribution is -2.39. The predicted octanol–water partition coefficient (Wildman–Crippen LogP) is 2.54. The maximum absolute atomic E-state index is 13.1. The van der Waals surface area contributed by atoms with E-state index in [1.54, 1.807) is 6.07 Å². The molecule has 0 bridgehead atoms. The van der Waals surface area contributed by atoms with Crippen LogP contribution in [0.15, 0.2) is 24.3 Å². The van der Waals surface area contributed by atoms with Gasteiger partial charge in [0.25, 0.3) is 0 Å². The predicted molar refractivity (Wildman–Crippen MR) is 73.2 cm³/mol. The van der Waals surface area contributed by atoms with Gasteiger partial charge in [-0.1, -0.05) is 25.0 Å². The van der Waals surface area contributed by atoms with Crippen molar-refractivity contribution in [3.05, 3.63) is 35.6 Å². The van der Waals surface area contributed by atoms with Gasteiger partial charge in [-0.2, -0.15) is 0 Å². The summed E-state index contributed by atoms with van der Waals surface area (Å²) in [6, 6.07) is 6.64. The molecule has 0 aliphatic heterocycles. The monoisotopic (exact) mass is 264 g/mol. The fourth-order valence-electron chi connectivity index (χ4n) is 2.52. The average Bonchev–Trinajstić information content (AvgIpc) is 2.89. The summed E-state index contributed by atoms with van der Waals surface area (Å²) in [6.07, 6.45) is 4.82. The quantitative estimate of drug-likeness (QED) is 0.858. The molecule has 0 unspecified atom stereocenters. The lowest BCUT2D eigenvalue weighted by Gasteiger charge is -2.16. The highest BCUT2D eigenvalue weighted by molar-refractivity contribution is 5.78. The number of benzene rings is 1. The zero-order valence-corrected chi connectivity index (χ0v) is 11.3. The Hall–Kier alpha value is -1.42. The minimum atomic E-state index is -0.275. The van der Waals surface area contributed by atoms with Crippen molar-refractivity contribution in [1.29, 1.82) is 0 Å². The van der Waals surface area contributed by atoms with Gasteiger partial charge in [-0.3, -0.25) is 4.79 Å². The number of rotatable bonds is 5. The molecule has 1 saturated carbocycles. The first-order chi connectivity index (χ1) is 9.15. The Morgan fingerprint density at radius 2 is 2.16 bits per heavy atom. The Morgan fingerprint density at radius 3 is 2.84 bits per heavy atom. The van der Waals surface area contributed by atoms with Crippen LogP contribution in [0, 0.1) is 5.82 Å². The SMILES string of the molecule is C[C@@H](NC(=O)CNC1CCCC1)c1cccc(F)c1. The number of carbonyl (C=O) groups excluding carboxylic acids is 1. The summed E-state index contributed by atoms with van der Waals surface area (Å²) in [6.45, 7) is 2.20. The van der Waals surface area contributed by atoms with Gasteiger partial charge >= 0.3 is 0 Å². The fraction of sp³-hybridized carbons (Fsp3) is 0.533. The van der Waals surface area contributed by atoms with E-state index in [9.17, 15) is 9.18 Å². The van der Waals surface area contributed by atoms with E-state index in [1.165, 1.54) is 25.0 Å². The summed E-state index contributed by atoms with van der Waals surface area (Å²) in [4.78, 5) is 11.8. The number of halogens is 1. The first kappa shape index (κ1) is 14.0. The van der Waals surface area contributed by atoms with Gasteiger partial charge < -0.3 is 10.6 Å². The maximum Gasteiger partial charge on any atom is 0.234 e. The molecule has 1 aliphatic carbocycles. The van der Waals surface area contributed by atoms with E-state index >= 15 is 0 Å². The highest BCUT2D eigenvalue weighted by Gasteiger charge is 2.16. The van der Waals surface area contributed by atoms with Crippen LogP contribution in [0.3, 0.4) is 0 Å². The number of hydrogen-bond donors (Lipinski definition) is 2. The van der Waals surface area contributed by atoms with Gasteiger partial charge in [-0.15, -0.1) is 0 Å². The Kier molecular flexibility index (Phi) is 4.91. The maximum atomic E-state index is 13.1. The third-order valence-corrected chi connectivity index (χ3v) is 3.63. The van der Waals surface area contributed by atoms with Crippen LogP contribution in [-0.2, 0) is 4.79 Å². The third-order valence-electron chi connectivity index (χ3n) is 3.63. The summed E-state index contributed by atoms with van der Waals surface area (Å²) < 4.78 is 13.1. The van der Waals surface area contributed by atoms with Crippen molar-refractivity contribution in [2.24, 2.45) is 0 Å². The van der Waals surface area contributed by atoms with Crippen molar-refractivity contribution < 1.29 is 9.18 Å². The first-order valence-electron chi connectivity index (χ1n) is 6.93. The lowest BCUT2D eigenvalue weighted by atomic mass is 10.1. The van der Waals surface area contributed by atoms with Crippen molar-refractivity contribution in [3.63, 3.8) is 0 Å². The molecule has 2 rings (SSSR count). The topological polar surface area (TPSA) is 41.1 Å². The molecule has 0 spiro atoms. The molecule has 1 aromatic carbocycles. The summed E-state index contributed by atoms with van der Waals surface area (Å²) in [5, 5.41) is 6.14. The van der Waals surface area contributed by atoms with Crippen LogP contribution in [0.1, 0.15) is 44.2 Å². The Bertz CT molecular complexity index is 430. The standard InChI is InChI=1S/C15H21FN2O/c1-11(12-5-4-6-13(16)9-12)18-15(19)10-17-14-7-2-3-8-14/h4-6,9,11,14,17H,2-3,7-8,10H2,1H3,(H,18,19)/t11-/m1/s1. The van der Waals surface area contributed by atoms with Crippen LogP contribution < -0.4 is 10.6 Å². The number of nitrogens with one attached hydrogen (secondary N) is 2. The second-order valence-electron chi connectivity index (χ2n) is 5.21. The smallest absolute Gasteiger partial charge is 0.234 e. The summed E-state index contributed by atoms with van der Waals surface area (Å²) in [7, 11) is 0. The molecule has 1 aromatic rings. The van der Waals surface area contributed by atoms with Crippen molar-refractivity contribution in [3.8, 4) is 0 Å². The van der Waals surface area contributed by atoms with Crippen molar-refractivity contribution in [2.75, 3.05) is 6.54 Å². The second-order valence-corrected chi connectivity index (χ2v) is 5.21. The summed E-state index contributed by atoms with van der Waals surface area (Å²) in [5.74, 6) is -0.314. The van der Waals surface area contributed by atoms with Crippen LogP contribution in [0.25, 0.3) is 0 Å². The minimum absolute atomic E-state index is 0.0383. The molecule has 2 N–H and O–H groups in total. The Morgan fingerprint density at radius 1 is 1.42 bits per heavy atom. The highest BCUT2D eigenvalue weighted by atomic mass is 19.1. The van der Waals surface area contributed by atoms with Crippen LogP contribution in [0.4, 0.5) is 4.39 Å². The van der Waals surface area contributed by atoms with E-state index in [0.29, 0.717) is 12.6 Å². The molecule has 0 saturated heterocycles. The molecule has 3 nitrogen and oxygen atoms in total. The average molecular weight is 264 g/mol. The molecule has 1 amide bonds. The molecule has 4 heteroatoms. The van der Waals surface area contributed by atoms with Gasteiger partial charge in [0.05, 0.1) is 12.6 Å². The highest BCUT2D eigenvalue weighted by Crippen LogP contribution is 2.17. The Balaban J connectivity index is 1.77. The largest absolute Gasteiger partial charge is 0.348 e. The van der Waals surface area contributed by atoms with Gasteiger partial charge in [0.2, 0.25) is 5.91 Å². The van der Waals surface area contributed by atoms with E-state index in [4.69, 9.17) is 0 Å². The first-order valence-corrected chi connectivity index (χ1v) is 6.93. The van der Waals surface area contributed by atoms with Gasteiger partial charge in [-0.25, -0.2) is 4.39 Å². The van der Waals surface area contributed by atoms with Gasteiger partial charge in [0, 0.05) is 6.04 Å². The van der Waals surface area contributed by atoms with Crippen molar-refractivity contribution in [2.45, 2.75) is 44.7 Å². The Labute approximate surface area is 113 Å². The second kappa shape index (κ2) is 6.66. The molecule has 1 aliphatic rings. The lowest BCUT2D eigenvalue weighted by molar-refractivity contribution is -0.121.